The molecule has 1 N–H and O–H groups in total. The maximum absolute atomic E-state index is 12.0. The van der Waals surface area contributed by atoms with E-state index >= 15 is 0 Å². The first-order valence-electron chi connectivity index (χ1n) is 6.51. The number of rotatable bonds is 2. The van der Waals surface area contributed by atoms with E-state index in [4.69, 9.17) is 0 Å². The fourth-order valence-corrected chi connectivity index (χ4v) is 3.39. The van der Waals surface area contributed by atoms with E-state index in [1.54, 1.807) is 11.3 Å². The average Bonchev–Trinajstić information content (AvgIpc) is 3.06. The van der Waals surface area contributed by atoms with Crippen LogP contribution >= 0.6 is 23.1 Å². The van der Waals surface area contributed by atoms with Gasteiger partial charge in [-0.1, -0.05) is 12.1 Å². The maximum atomic E-state index is 12.0. The molecule has 0 saturated carbocycles. The molecule has 0 radical (unpaired) electrons. The number of nitrogens with one attached hydrogen (secondary N) is 1. The fraction of sp³-hybridized carbons (Fsp3) is 0.125. The zero-order valence-electron chi connectivity index (χ0n) is 11.7. The number of aliphatic imine (C=N–C) groups is 1. The second kappa shape index (κ2) is 5.87. The average molecular weight is 314 g/mol. The van der Waals surface area contributed by atoms with E-state index < -0.39 is 0 Å². The molecule has 0 spiro atoms. The zero-order valence-corrected chi connectivity index (χ0v) is 13.3. The van der Waals surface area contributed by atoms with Gasteiger partial charge in [-0.3, -0.25) is 4.79 Å². The van der Waals surface area contributed by atoms with Gasteiger partial charge in [-0.15, -0.1) is 0 Å². The van der Waals surface area contributed by atoms with E-state index in [1.807, 2.05) is 48.9 Å². The summed E-state index contributed by atoms with van der Waals surface area (Å²) < 4.78 is 0. The molecule has 106 valence electrons. The Morgan fingerprint density at radius 3 is 2.86 bits per heavy atom. The predicted molar refractivity (Wildman–Crippen MR) is 91.0 cm³/mol. The molecule has 1 aliphatic rings. The Kier molecular flexibility index (Phi) is 3.94. The van der Waals surface area contributed by atoms with Crippen molar-refractivity contribution in [2.45, 2.75) is 13.8 Å². The molecule has 1 aromatic carbocycles. The van der Waals surface area contributed by atoms with Gasteiger partial charge < -0.3 is 5.32 Å². The van der Waals surface area contributed by atoms with Crippen LogP contribution in [0.15, 0.2) is 44.9 Å². The van der Waals surface area contributed by atoms with Crippen LogP contribution in [0.1, 0.15) is 16.7 Å². The number of carbonyl (C=O) groups is 1. The van der Waals surface area contributed by atoms with E-state index in [2.05, 4.69) is 16.4 Å². The Morgan fingerprint density at radius 1 is 1.24 bits per heavy atom. The number of hydrogen-bond donors (Lipinski definition) is 1. The number of thiophene rings is 1. The van der Waals surface area contributed by atoms with Crippen LogP contribution in [-0.4, -0.2) is 11.1 Å². The van der Waals surface area contributed by atoms with Crippen molar-refractivity contribution < 1.29 is 4.79 Å². The maximum Gasteiger partial charge on any atom is 0.264 e. The molecule has 2 heterocycles. The third kappa shape index (κ3) is 3.25. The van der Waals surface area contributed by atoms with E-state index in [0.29, 0.717) is 10.1 Å². The smallest absolute Gasteiger partial charge is 0.264 e. The Hall–Kier alpha value is -1.85. The minimum Gasteiger partial charge on any atom is -0.300 e. The number of thioether (sulfide) groups is 1. The third-order valence-electron chi connectivity index (χ3n) is 3.08. The van der Waals surface area contributed by atoms with Crippen molar-refractivity contribution >= 4 is 45.9 Å². The molecule has 1 aliphatic heterocycles. The minimum atomic E-state index is -0.0877. The van der Waals surface area contributed by atoms with Crippen molar-refractivity contribution in [3.8, 4) is 0 Å². The van der Waals surface area contributed by atoms with Crippen LogP contribution in [-0.2, 0) is 4.79 Å². The highest BCUT2D eigenvalue weighted by Gasteiger charge is 2.23. The number of amidine groups is 1. The molecule has 21 heavy (non-hydrogen) atoms. The van der Waals surface area contributed by atoms with Gasteiger partial charge in [-0.2, -0.15) is 11.3 Å². The molecule has 1 fully saturated rings. The van der Waals surface area contributed by atoms with Crippen LogP contribution in [0.25, 0.3) is 6.08 Å². The number of amides is 1. The summed E-state index contributed by atoms with van der Waals surface area (Å²) in [5, 5.41) is 7.46. The van der Waals surface area contributed by atoms with Crippen LogP contribution in [0.2, 0.25) is 0 Å². The standard InChI is InChI=1S/C16H14N2OS2/c1-10-3-4-11(2)13(7-10)17-16-18-15(19)14(21-16)8-12-5-6-20-9-12/h3-9H,1-2H3,(H,17,18,19)/b14-8-. The highest BCUT2D eigenvalue weighted by molar-refractivity contribution is 8.18. The Balaban J connectivity index is 1.87. The number of aryl methyl sites for hydroxylation is 2. The van der Waals surface area contributed by atoms with Gasteiger partial charge in [0.05, 0.1) is 10.6 Å². The van der Waals surface area contributed by atoms with E-state index in [-0.39, 0.29) is 5.91 Å². The largest absolute Gasteiger partial charge is 0.300 e. The topological polar surface area (TPSA) is 41.5 Å². The molecule has 1 saturated heterocycles. The van der Waals surface area contributed by atoms with Gasteiger partial charge in [0.15, 0.2) is 5.17 Å². The van der Waals surface area contributed by atoms with Crippen LogP contribution in [0, 0.1) is 13.8 Å². The lowest BCUT2D eigenvalue weighted by atomic mass is 10.1. The molecule has 1 aromatic heterocycles. The highest BCUT2D eigenvalue weighted by Crippen LogP contribution is 2.29. The summed E-state index contributed by atoms with van der Waals surface area (Å²) in [5.41, 5.74) is 4.20. The number of hydrogen-bond acceptors (Lipinski definition) is 4. The van der Waals surface area contributed by atoms with Gasteiger partial charge in [0.1, 0.15) is 0 Å². The predicted octanol–water partition coefficient (Wildman–Crippen LogP) is 4.26. The van der Waals surface area contributed by atoms with Gasteiger partial charge in [0.25, 0.3) is 5.91 Å². The monoisotopic (exact) mass is 314 g/mol. The summed E-state index contributed by atoms with van der Waals surface area (Å²) >= 11 is 3.00. The van der Waals surface area contributed by atoms with E-state index in [1.165, 1.54) is 11.8 Å². The molecule has 5 heteroatoms. The second-order valence-electron chi connectivity index (χ2n) is 4.83. The van der Waals surface area contributed by atoms with Gasteiger partial charge in [0.2, 0.25) is 0 Å². The minimum absolute atomic E-state index is 0.0877. The number of nitrogens with zero attached hydrogens (tertiary/aromatic N) is 1. The summed E-state index contributed by atoms with van der Waals surface area (Å²) in [6.45, 7) is 4.05. The summed E-state index contributed by atoms with van der Waals surface area (Å²) in [7, 11) is 0. The molecule has 2 aromatic rings. The Bertz CT molecular complexity index is 746. The number of benzene rings is 1. The lowest BCUT2D eigenvalue weighted by Gasteiger charge is -2.02. The molecular formula is C16H14N2OS2. The normalized spacial score (nSPS) is 18.5. The van der Waals surface area contributed by atoms with Crippen molar-refractivity contribution in [2.75, 3.05) is 0 Å². The molecule has 0 bridgehead atoms. The lowest BCUT2D eigenvalue weighted by molar-refractivity contribution is -0.115. The van der Waals surface area contributed by atoms with Crippen LogP contribution < -0.4 is 5.32 Å². The van der Waals surface area contributed by atoms with Crippen molar-refractivity contribution in [3.63, 3.8) is 0 Å². The van der Waals surface area contributed by atoms with Crippen molar-refractivity contribution in [1.29, 1.82) is 0 Å². The first-order valence-corrected chi connectivity index (χ1v) is 8.27. The quantitative estimate of drug-likeness (QED) is 0.842. The lowest BCUT2D eigenvalue weighted by Crippen LogP contribution is -2.19. The van der Waals surface area contributed by atoms with Gasteiger partial charge in [0, 0.05) is 0 Å². The van der Waals surface area contributed by atoms with E-state index in [0.717, 1.165) is 22.4 Å². The fourth-order valence-electron chi connectivity index (χ4n) is 1.94. The summed E-state index contributed by atoms with van der Waals surface area (Å²) in [6, 6.07) is 8.11. The van der Waals surface area contributed by atoms with Crippen LogP contribution in [0.3, 0.4) is 0 Å². The molecule has 0 unspecified atom stereocenters. The summed E-state index contributed by atoms with van der Waals surface area (Å²) in [4.78, 5) is 17.2. The van der Waals surface area contributed by atoms with Crippen LogP contribution in [0.4, 0.5) is 5.69 Å². The second-order valence-corrected chi connectivity index (χ2v) is 6.64. The van der Waals surface area contributed by atoms with Crippen molar-refractivity contribution in [2.24, 2.45) is 4.99 Å². The molecule has 1 amide bonds. The number of carbonyl (C=O) groups excluding carboxylic acids is 1. The SMILES string of the molecule is Cc1ccc(C)c(N=C2NC(=O)/C(=C/c3ccsc3)S2)c1. The molecular weight excluding hydrogens is 300 g/mol. The Morgan fingerprint density at radius 2 is 2.10 bits per heavy atom. The first kappa shape index (κ1) is 14.1. The molecule has 3 rings (SSSR count). The van der Waals surface area contributed by atoms with Crippen molar-refractivity contribution in [3.05, 3.63) is 56.6 Å². The highest BCUT2D eigenvalue weighted by atomic mass is 32.2. The van der Waals surface area contributed by atoms with Crippen molar-refractivity contribution in [1.82, 2.24) is 5.32 Å². The Labute approximate surface area is 131 Å². The zero-order chi connectivity index (χ0) is 14.8. The summed E-state index contributed by atoms with van der Waals surface area (Å²) in [5.74, 6) is -0.0877. The first-order chi connectivity index (χ1) is 10.1. The van der Waals surface area contributed by atoms with Gasteiger partial charge >= 0.3 is 0 Å². The van der Waals surface area contributed by atoms with Gasteiger partial charge in [-0.25, -0.2) is 4.99 Å². The van der Waals surface area contributed by atoms with E-state index in [9.17, 15) is 4.79 Å². The molecule has 0 atom stereocenters. The molecule has 0 aliphatic carbocycles. The van der Waals surface area contributed by atoms with Gasteiger partial charge in [-0.05, 0) is 71.3 Å². The third-order valence-corrected chi connectivity index (χ3v) is 4.69. The molecule has 3 nitrogen and oxygen atoms in total. The summed E-state index contributed by atoms with van der Waals surface area (Å²) in [6.07, 6.45) is 1.89. The van der Waals surface area contributed by atoms with Crippen LogP contribution in [0.5, 0.6) is 0 Å².